The first kappa shape index (κ1) is 23.6. The molecule has 1 atom stereocenters. The molecule has 0 saturated carbocycles. The van der Waals surface area contributed by atoms with Gasteiger partial charge in [0.25, 0.3) is 0 Å². The Balaban J connectivity index is 1.51. The van der Waals surface area contributed by atoms with E-state index in [4.69, 9.17) is 9.47 Å². The number of nitrogens with zero attached hydrogens (tertiary/aromatic N) is 2. The highest BCUT2D eigenvalue weighted by Gasteiger charge is 2.06. The van der Waals surface area contributed by atoms with Crippen LogP contribution in [0.5, 0.6) is 11.5 Å². The Kier molecular flexibility index (Phi) is 9.36. The zero-order valence-electron chi connectivity index (χ0n) is 19.5. The molecule has 2 aromatic carbocycles. The highest BCUT2D eigenvalue weighted by molar-refractivity contribution is 5.65. The van der Waals surface area contributed by atoms with Crippen LogP contribution in [0, 0.1) is 12.8 Å². The van der Waals surface area contributed by atoms with E-state index in [1.165, 1.54) is 25.7 Å². The molecule has 1 heterocycles. The van der Waals surface area contributed by atoms with Crippen molar-refractivity contribution in [1.29, 1.82) is 0 Å². The van der Waals surface area contributed by atoms with Gasteiger partial charge in [0.1, 0.15) is 18.1 Å². The van der Waals surface area contributed by atoms with E-state index in [1.807, 2.05) is 30.3 Å². The minimum Gasteiger partial charge on any atom is -0.494 e. The third-order valence-corrected chi connectivity index (χ3v) is 5.61. The number of nitrogens with one attached hydrogen (secondary N) is 1. The molecule has 3 aromatic rings. The zero-order valence-corrected chi connectivity index (χ0v) is 19.5. The van der Waals surface area contributed by atoms with Crippen molar-refractivity contribution in [2.45, 2.75) is 59.5 Å². The van der Waals surface area contributed by atoms with Gasteiger partial charge in [0, 0.05) is 29.8 Å². The molecular weight excluding hydrogens is 398 g/mol. The zero-order chi connectivity index (χ0) is 22.6. The van der Waals surface area contributed by atoms with E-state index < -0.39 is 0 Å². The van der Waals surface area contributed by atoms with Gasteiger partial charge >= 0.3 is 0 Å². The van der Waals surface area contributed by atoms with E-state index in [-0.39, 0.29) is 0 Å². The summed E-state index contributed by atoms with van der Waals surface area (Å²) in [6.07, 6.45) is 11.2. The van der Waals surface area contributed by atoms with Gasteiger partial charge in [-0.3, -0.25) is 9.97 Å². The Hall–Kier alpha value is -3.08. The second-order valence-corrected chi connectivity index (χ2v) is 8.17. The predicted octanol–water partition coefficient (Wildman–Crippen LogP) is 7.09. The maximum Gasteiger partial charge on any atom is 0.132 e. The molecule has 0 saturated heterocycles. The smallest absolute Gasteiger partial charge is 0.132 e. The van der Waals surface area contributed by atoms with Gasteiger partial charge in [-0.25, -0.2) is 0 Å². The first-order chi connectivity index (χ1) is 15.7. The van der Waals surface area contributed by atoms with Gasteiger partial charge in [-0.2, -0.15) is 0 Å². The number of aromatic nitrogens is 2. The second-order valence-electron chi connectivity index (χ2n) is 8.17. The Morgan fingerprint density at radius 2 is 1.84 bits per heavy atom. The summed E-state index contributed by atoms with van der Waals surface area (Å²) in [6, 6.07) is 14.2. The molecule has 5 heteroatoms. The minimum atomic E-state index is 0.400. The van der Waals surface area contributed by atoms with E-state index in [9.17, 15) is 0 Å². The van der Waals surface area contributed by atoms with E-state index in [0.29, 0.717) is 6.61 Å². The summed E-state index contributed by atoms with van der Waals surface area (Å²) in [5.41, 5.74) is 3.96. The molecule has 0 bridgehead atoms. The van der Waals surface area contributed by atoms with E-state index in [0.717, 1.165) is 53.1 Å². The molecule has 0 aliphatic carbocycles. The number of benzene rings is 2. The van der Waals surface area contributed by atoms with Crippen molar-refractivity contribution >= 4 is 11.4 Å². The number of anilines is 2. The Morgan fingerprint density at radius 3 is 2.59 bits per heavy atom. The van der Waals surface area contributed by atoms with Crippen molar-refractivity contribution in [2.24, 2.45) is 5.92 Å². The van der Waals surface area contributed by atoms with E-state index >= 15 is 0 Å². The first-order valence-electron chi connectivity index (χ1n) is 11.7. The van der Waals surface area contributed by atoms with Crippen LogP contribution in [-0.2, 0) is 6.61 Å². The van der Waals surface area contributed by atoms with Crippen molar-refractivity contribution < 1.29 is 9.47 Å². The van der Waals surface area contributed by atoms with Crippen LogP contribution >= 0.6 is 0 Å². The van der Waals surface area contributed by atoms with Crippen LogP contribution in [0.4, 0.5) is 11.4 Å². The molecule has 0 amide bonds. The minimum absolute atomic E-state index is 0.400. The fourth-order valence-electron chi connectivity index (χ4n) is 3.77. The highest BCUT2D eigenvalue weighted by atomic mass is 16.5. The summed E-state index contributed by atoms with van der Waals surface area (Å²) in [5, 5.41) is 3.49. The molecule has 0 spiro atoms. The predicted molar refractivity (Wildman–Crippen MR) is 131 cm³/mol. The van der Waals surface area contributed by atoms with Crippen molar-refractivity contribution in [3.63, 3.8) is 0 Å². The fraction of sp³-hybridized carbons (Fsp3) is 0.407. The van der Waals surface area contributed by atoms with Crippen LogP contribution < -0.4 is 14.8 Å². The van der Waals surface area contributed by atoms with Crippen molar-refractivity contribution in [1.82, 2.24) is 9.97 Å². The van der Waals surface area contributed by atoms with Gasteiger partial charge in [-0.05, 0) is 61.6 Å². The molecule has 5 nitrogen and oxygen atoms in total. The summed E-state index contributed by atoms with van der Waals surface area (Å²) in [4.78, 5) is 8.30. The van der Waals surface area contributed by atoms with E-state index in [2.05, 4.69) is 48.2 Å². The molecule has 32 heavy (non-hydrogen) atoms. The lowest BCUT2D eigenvalue weighted by Gasteiger charge is -2.15. The summed E-state index contributed by atoms with van der Waals surface area (Å²) in [6.45, 7) is 7.78. The van der Waals surface area contributed by atoms with Crippen molar-refractivity contribution in [3.05, 3.63) is 72.3 Å². The van der Waals surface area contributed by atoms with Crippen molar-refractivity contribution in [3.8, 4) is 11.5 Å². The Bertz CT molecular complexity index is 947. The van der Waals surface area contributed by atoms with Crippen LogP contribution in [0.15, 0.2) is 61.1 Å². The monoisotopic (exact) mass is 433 g/mol. The SMILES string of the molecule is CCCC(CC)CCCOc1cccc(Nc2ccc(OCc3cnccn3)cc2C)c1. The second kappa shape index (κ2) is 12.7. The average molecular weight is 434 g/mol. The maximum absolute atomic E-state index is 6.01. The number of aryl methyl sites for hydroxylation is 1. The van der Waals surface area contributed by atoms with Crippen LogP contribution in [-0.4, -0.2) is 16.6 Å². The lowest BCUT2D eigenvalue weighted by molar-refractivity contribution is 0.286. The third-order valence-electron chi connectivity index (χ3n) is 5.61. The topological polar surface area (TPSA) is 56.3 Å². The van der Waals surface area contributed by atoms with Gasteiger partial charge in [-0.1, -0.05) is 39.2 Å². The summed E-state index contributed by atoms with van der Waals surface area (Å²) in [5.74, 6) is 2.54. The molecular formula is C27H35N3O2. The lowest BCUT2D eigenvalue weighted by atomic mass is 9.96. The molecule has 170 valence electrons. The molecule has 3 rings (SSSR count). The molecule has 0 fully saturated rings. The number of ether oxygens (including phenoxy) is 2. The van der Waals surface area contributed by atoms with Gasteiger partial charge in [0.05, 0.1) is 18.5 Å². The summed E-state index contributed by atoms with van der Waals surface area (Å²) >= 11 is 0. The molecule has 1 N–H and O–H groups in total. The molecule has 0 radical (unpaired) electrons. The highest BCUT2D eigenvalue weighted by Crippen LogP contribution is 2.27. The van der Waals surface area contributed by atoms with Crippen LogP contribution in [0.1, 0.15) is 57.2 Å². The molecule has 1 unspecified atom stereocenters. The number of rotatable bonds is 13. The van der Waals surface area contributed by atoms with Gasteiger partial charge in [-0.15, -0.1) is 0 Å². The van der Waals surface area contributed by atoms with Crippen molar-refractivity contribution in [2.75, 3.05) is 11.9 Å². The molecule has 0 aliphatic heterocycles. The maximum atomic E-state index is 6.01. The summed E-state index contributed by atoms with van der Waals surface area (Å²) in [7, 11) is 0. The van der Waals surface area contributed by atoms with E-state index in [1.54, 1.807) is 18.6 Å². The van der Waals surface area contributed by atoms with Crippen LogP contribution in [0.3, 0.4) is 0 Å². The van der Waals surface area contributed by atoms with Gasteiger partial charge in [0.2, 0.25) is 0 Å². The standard InChI is InChI=1S/C27H35N3O2/c1-4-8-22(5-2)9-7-16-31-25-11-6-10-23(18-25)30-27-13-12-26(17-21(27)3)32-20-24-19-28-14-15-29-24/h6,10-15,17-19,22,30H,4-5,7-9,16,20H2,1-3H3. The summed E-state index contributed by atoms with van der Waals surface area (Å²) < 4.78 is 11.9. The average Bonchev–Trinajstić information content (AvgIpc) is 2.82. The largest absolute Gasteiger partial charge is 0.494 e. The Labute approximate surface area is 192 Å². The van der Waals surface area contributed by atoms with Gasteiger partial charge < -0.3 is 14.8 Å². The van der Waals surface area contributed by atoms with Gasteiger partial charge in [0.15, 0.2) is 0 Å². The lowest BCUT2D eigenvalue weighted by Crippen LogP contribution is -2.04. The van der Waals surface area contributed by atoms with Crippen LogP contribution in [0.25, 0.3) is 0 Å². The normalized spacial score (nSPS) is 11.7. The molecule has 0 aliphatic rings. The number of hydrogen-bond acceptors (Lipinski definition) is 5. The molecule has 1 aromatic heterocycles. The quantitative estimate of drug-likeness (QED) is 0.292. The van der Waals surface area contributed by atoms with Crippen LogP contribution in [0.2, 0.25) is 0 Å². The Morgan fingerprint density at radius 1 is 0.969 bits per heavy atom. The first-order valence-corrected chi connectivity index (χ1v) is 11.7. The fourth-order valence-corrected chi connectivity index (χ4v) is 3.77. The third kappa shape index (κ3) is 7.56. The number of hydrogen-bond donors (Lipinski definition) is 1.